The van der Waals surface area contributed by atoms with Crippen molar-refractivity contribution >= 4 is 40.8 Å². The van der Waals surface area contributed by atoms with Gasteiger partial charge in [-0.05, 0) is 31.4 Å². The van der Waals surface area contributed by atoms with Crippen LogP contribution in [0.25, 0.3) is 0 Å². The van der Waals surface area contributed by atoms with E-state index in [1.807, 2.05) is 13.0 Å². The lowest BCUT2D eigenvalue weighted by atomic mass is 10.2. The van der Waals surface area contributed by atoms with Crippen molar-refractivity contribution in [3.05, 3.63) is 17.8 Å². The molecular weight excluding hydrogens is 299 g/mol. The first kappa shape index (κ1) is 17.1. The molecule has 1 aromatic heterocycles. The van der Waals surface area contributed by atoms with Crippen LogP contribution in [0.5, 0.6) is 0 Å². The number of nitrogens with zero attached hydrogens (tertiary/aromatic N) is 2. The molecule has 1 rings (SSSR count). The molecule has 0 aliphatic rings. The minimum atomic E-state index is -0.0502. The van der Waals surface area contributed by atoms with Gasteiger partial charge in [-0.1, -0.05) is 0 Å². The fraction of sp³-hybridized carbons (Fsp3) is 0.571. The van der Waals surface area contributed by atoms with Gasteiger partial charge in [0.25, 0.3) is 0 Å². The van der Waals surface area contributed by atoms with Crippen molar-refractivity contribution in [3.8, 4) is 0 Å². The molecule has 0 aliphatic carbocycles. The van der Waals surface area contributed by atoms with Crippen LogP contribution in [0.2, 0.25) is 0 Å². The lowest BCUT2D eigenvalue weighted by Gasteiger charge is -2.20. The fourth-order valence-electron chi connectivity index (χ4n) is 1.99. The molecule has 0 radical (unpaired) electrons. The predicted octanol–water partition coefficient (Wildman–Crippen LogP) is 3.44. The Labute approximate surface area is 129 Å². The Morgan fingerprint density at radius 2 is 1.80 bits per heavy atom. The molecule has 0 aliphatic heterocycles. The van der Waals surface area contributed by atoms with E-state index in [1.54, 1.807) is 13.2 Å². The Bertz CT molecular complexity index is 472. The van der Waals surface area contributed by atoms with E-state index >= 15 is 0 Å². The van der Waals surface area contributed by atoms with Gasteiger partial charge in [-0.3, -0.25) is 14.2 Å². The van der Waals surface area contributed by atoms with Gasteiger partial charge in [0.1, 0.15) is 5.82 Å². The molecule has 0 unspecified atom stereocenters. The second-order valence-electron chi connectivity index (χ2n) is 4.62. The number of rotatable bonds is 7. The first-order chi connectivity index (χ1) is 9.52. The minimum absolute atomic E-state index is 0.0427. The summed E-state index contributed by atoms with van der Waals surface area (Å²) in [4.78, 5) is 25.7. The Morgan fingerprint density at radius 1 is 1.20 bits per heavy atom. The summed E-state index contributed by atoms with van der Waals surface area (Å²) in [6.45, 7) is 1.88. The number of hydrogen-bond acceptors (Lipinski definition) is 2. The third kappa shape index (κ3) is 4.25. The SMILES string of the molecule is Cc1ccn(C(=O)CCCCl)c1N(C)C(=O)CCCCl. The Morgan fingerprint density at radius 3 is 2.40 bits per heavy atom. The van der Waals surface area contributed by atoms with Crippen LogP contribution >= 0.6 is 23.2 Å². The standard InChI is InChI=1S/C14H20Cl2N2O2/c1-11-7-10-18(13(20)6-4-9-16)14(11)17(2)12(19)5-3-8-15/h7,10H,3-6,8-9H2,1-2H3. The van der Waals surface area contributed by atoms with Crippen LogP contribution in [-0.2, 0) is 4.79 Å². The number of aryl methyl sites for hydroxylation is 1. The molecule has 112 valence electrons. The predicted molar refractivity (Wildman–Crippen MR) is 83.1 cm³/mol. The number of aromatic nitrogens is 1. The molecule has 0 saturated heterocycles. The molecule has 6 heteroatoms. The molecule has 0 atom stereocenters. The molecule has 1 amide bonds. The summed E-state index contributed by atoms with van der Waals surface area (Å²) in [7, 11) is 1.68. The first-order valence-corrected chi connectivity index (χ1v) is 7.69. The fourth-order valence-corrected chi connectivity index (χ4v) is 2.26. The maximum atomic E-state index is 12.1. The summed E-state index contributed by atoms with van der Waals surface area (Å²) in [5.74, 6) is 1.44. The molecule has 0 fully saturated rings. The summed E-state index contributed by atoms with van der Waals surface area (Å²) in [5.41, 5.74) is 0.894. The zero-order valence-corrected chi connectivity index (χ0v) is 13.4. The average molecular weight is 319 g/mol. The van der Waals surface area contributed by atoms with Gasteiger partial charge in [0.2, 0.25) is 11.8 Å². The van der Waals surface area contributed by atoms with Gasteiger partial charge >= 0.3 is 0 Å². The van der Waals surface area contributed by atoms with Gasteiger partial charge in [-0.25, -0.2) is 0 Å². The van der Waals surface area contributed by atoms with Crippen LogP contribution in [-0.4, -0.2) is 35.2 Å². The van der Waals surface area contributed by atoms with Crippen molar-refractivity contribution in [2.45, 2.75) is 32.6 Å². The van der Waals surface area contributed by atoms with E-state index in [9.17, 15) is 9.59 Å². The zero-order chi connectivity index (χ0) is 15.1. The number of halogens is 2. The molecular formula is C14H20Cl2N2O2. The van der Waals surface area contributed by atoms with E-state index in [1.165, 1.54) is 9.47 Å². The second kappa shape index (κ2) is 8.32. The molecule has 4 nitrogen and oxygen atoms in total. The third-order valence-electron chi connectivity index (χ3n) is 3.06. The third-order valence-corrected chi connectivity index (χ3v) is 3.60. The summed E-state index contributed by atoms with van der Waals surface area (Å²) >= 11 is 11.2. The quantitative estimate of drug-likeness (QED) is 0.723. The van der Waals surface area contributed by atoms with Crippen molar-refractivity contribution in [1.29, 1.82) is 0 Å². The van der Waals surface area contributed by atoms with Gasteiger partial charge in [-0.2, -0.15) is 0 Å². The summed E-state index contributed by atoms with van der Waals surface area (Å²) in [6.07, 6.45) is 3.70. The number of carbonyl (C=O) groups is 2. The largest absolute Gasteiger partial charge is 0.301 e. The number of hydrogen-bond donors (Lipinski definition) is 0. The molecule has 1 heterocycles. The summed E-state index contributed by atoms with van der Waals surface area (Å²) < 4.78 is 1.53. The van der Waals surface area contributed by atoms with Crippen LogP contribution in [0.1, 0.15) is 36.0 Å². The van der Waals surface area contributed by atoms with Gasteiger partial charge in [0.15, 0.2) is 0 Å². The van der Waals surface area contributed by atoms with E-state index in [0.29, 0.717) is 43.3 Å². The van der Waals surface area contributed by atoms with E-state index in [4.69, 9.17) is 23.2 Å². The van der Waals surface area contributed by atoms with Gasteiger partial charge in [-0.15, -0.1) is 23.2 Å². The molecule has 20 heavy (non-hydrogen) atoms. The highest BCUT2D eigenvalue weighted by Crippen LogP contribution is 2.22. The van der Waals surface area contributed by atoms with E-state index < -0.39 is 0 Å². The van der Waals surface area contributed by atoms with Gasteiger partial charge in [0.05, 0.1) is 0 Å². The van der Waals surface area contributed by atoms with Crippen molar-refractivity contribution in [3.63, 3.8) is 0 Å². The van der Waals surface area contributed by atoms with E-state index in [-0.39, 0.29) is 11.8 Å². The van der Waals surface area contributed by atoms with Crippen LogP contribution < -0.4 is 4.90 Å². The Kier molecular flexibility index (Phi) is 7.10. The number of carbonyl (C=O) groups excluding carboxylic acids is 2. The topological polar surface area (TPSA) is 42.3 Å². The monoisotopic (exact) mass is 318 g/mol. The summed E-state index contributed by atoms with van der Waals surface area (Å²) in [5, 5.41) is 0. The maximum absolute atomic E-state index is 12.1. The van der Waals surface area contributed by atoms with E-state index in [2.05, 4.69) is 0 Å². The molecule has 0 spiro atoms. The van der Waals surface area contributed by atoms with Crippen molar-refractivity contribution < 1.29 is 9.59 Å². The van der Waals surface area contributed by atoms with Gasteiger partial charge in [0, 0.05) is 37.8 Å². The van der Waals surface area contributed by atoms with Crippen LogP contribution in [0, 0.1) is 6.92 Å². The molecule has 0 saturated carbocycles. The molecule has 1 aromatic rings. The van der Waals surface area contributed by atoms with Crippen molar-refractivity contribution in [2.24, 2.45) is 0 Å². The highest BCUT2D eigenvalue weighted by atomic mass is 35.5. The summed E-state index contributed by atoms with van der Waals surface area (Å²) in [6, 6.07) is 1.83. The van der Waals surface area contributed by atoms with Crippen LogP contribution in [0.4, 0.5) is 5.82 Å². The number of amides is 1. The second-order valence-corrected chi connectivity index (χ2v) is 5.38. The van der Waals surface area contributed by atoms with Crippen LogP contribution in [0.3, 0.4) is 0 Å². The lowest BCUT2D eigenvalue weighted by molar-refractivity contribution is -0.118. The van der Waals surface area contributed by atoms with Gasteiger partial charge < -0.3 is 4.90 Å². The molecule has 0 N–H and O–H groups in total. The maximum Gasteiger partial charge on any atom is 0.232 e. The number of anilines is 1. The molecule has 0 aromatic carbocycles. The Balaban J connectivity index is 2.90. The highest BCUT2D eigenvalue weighted by Gasteiger charge is 2.19. The lowest BCUT2D eigenvalue weighted by Crippen LogP contribution is -2.30. The minimum Gasteiger partial charge on any atom is -0.301 e. The average Bonchev–Trinajstić information content (AvgIpc) is 2.83. The zero-order valence-electron chi connectivity index (χ0n) is 11.9. The first-order valence-electron chi connectivity index (χ1n) is 6.62. The smallest absolute Gasteiger partial charge is 0.232 e. The highest BCUT2D eigenvalue weighted by molar-refractivity contribution is 6.18. The number of alkyl halides is 2. The van der Waals surface area contributed by atoms with E-state index in [0.717, 1.165) is 5.56 Å². The molecule has 0 bridgehead atoms. The normalized spacial score (nSPS) is 10.6. The van der Waals surface area contributed by atoms with Crippen LogP contribution in [0.15, 0.2) is 12.3 Å². The van der Waals surface area contributed by atoms with Crippen molar-refractivity contribution in [1.82, 2.24) is 4.57 Å². The Hall–Kier alpha value is -1.00. The van der Waals surface area contributed by atoms with Crippen molar-refractivity contribution in [2.75, 3.05) is 23.7 Å².